The summed E-state index contributed by atoms with van der Waals surface area (Å²) in [5, 5.41) is 6.84. The Hall–Kier alpha value is -1.99. The van der Waals surface area contributed by atoms with Gasteiger partial charge in [-0.3, -0.25) is 9.89 Å². The van der Waals surface area contributed by atoms with Gasteiger partial charge in [-0.05, 0) is 51.8 Å². The van der Waals surface area contributed by atoms with Crippen molar-refractivity contribution in [1.29, 1.82) is 0 Å². The SMILES string of the molecule is CCNC(=NCCCN1CCOCC1)NC(C)c1ccc(OCC)c(OCC)c1. The summed E-state index contributed by atoms with van der Waals surface area (Å²) in [6.45, 7) is 15.8. The molecule has 29 heavy (non-hydrogen) atoms. The lowest BCUT2D eigenvalue weighted by Gasteiger charge is -2.26. The quantitative estimate of drug-likeness (QED) is 0.335. The van der Waals surface area contributed by atoms with Gasteiger partial charge in [0.25, 0.3) is 0 Å². The van der Waals surface area contributed by atoms with E-state index in [1.165, 1.54) is 0 Å². The fraction of sp³-hybridized carbons (Fsp3) is 0.682. The number of rotatable bonds is 11. The number of aliphatic imine (C=N–C) groups is 1. The molecule has 1 aliphatic rings. The molecule has 0 aromatic heterocycles. The molecule has 1 atom stereocenters. The fourth-order valence-electron chi connectivity index (χ4n) is 3.26. The lowest BCUT2D eigenvalue weighted by molar-refractivity contribution is 0.0377. The molecule has 1 aliphatic heterocycles. The third-order valence-electron chi connectivity index (χ3n) is 4.77. The van der Waals surface area contributed by atoms with Crippen LogP contribution < -0.4 is 20.1 Å². The average Bonchev–Trinajstić information content (AvgIpc) is 2.73. The van der Waals surface area contributed by atoms with E-state index in [0.29, 0.717) is 13.2 Å². The van der Waals surface area contributed by atoms with Crippen LogP contribution in [0.1, 0.15) is 45.7 Å². The number of hydrogen-bond donors (Lipinski definition) is 2. The first-order valence-electron chi connectivity index (χ1n) is 10.9. The molecule has 0 spiro atoms. The van der Waals surface area contributed by atoms with Crippen LogP contribution in [0.4, 0.5) is 0 Å². The summed E-state index contributed by atoms with van der Waals surface area (Å²) in [6, 6.07) is 6.21. The highest BCUT2D eigenvalue weighted by Crippen LogP contribution is 2.30. The third kappa shape index (κ3) is 8.11. The maximum Gasteiger partial charge on any atom is 0.191 e. The van der Waals surface area contributed by atoms with Crippen LogP contribution in [-0.2, 0) is 4.74 Å². The summed E-state index contributed by atoms with van der Waals surface area (Å²) in [4.78, 5) is 7.19. The Balaban J connectivity index is 1.93. The molecule has 7 nitrogen and oxygen atoms in total. The van der Waals surface area contributed by atoms with Crippen LogP contribution in [-0.4, -0.2) is 70.0 Å². The second-order valence-corrected chi connectivity index (χ2v) is 7.01. The van der Waals surface area contributed by atoms with Gasteiger partial charge in [0.1, 0.15) is 0 Å². The molecule has 1 heterocycles. The molecule has 2 N–H and O–H groups in total. The zero-order valence-corrected chi connectivity index (χ0v) is 18.5. The molecule has 0 aliphatic carbocycles. The highest BCUT2D eigenvalue weighted by atomic mass is 16.5. The van der Waals surface area contributed by atoms with Gasteiger partial charge >= 0.3 is 0 Å². The maximum atomic E-state index is 5.76. The second kappa shape index (κ2) is 13.3. The Morgan fingerprint density at radius 1 is 1.14 bits per heavy atom. The lowest BCUT2D eigenvalue weighted by atomic mass is 10.1. The van der Waals surface area contributed by atoms with Crippen LogP contribution in [0.2, 0.25) is 0 Å². The summed E-state index contributed by atoms with van der Waals surface area (Å²) in [7, 11) is 0. The van der Waals surface area contributed by atoms with E-state index in [9.17, 15) is 0 Å². The Morgan fingerprint density at radius 3 is 2.55 bits per heavy atom. The largest absolute Gasteiger partial charge is 0.490 e. The predicted octanol–water partition coefficient (Wildman–Crippen LogP) is 2.82. The first kappa shape index (κ1) is 23.3. The summed E-state index contributed by atoms with van der Waals surface area (Å²) in [6.07, 6.45) is 1.04. The number of benzene rings is 1. The smallest absolute Gasteiger partial charge is 0.191 e. The normalized spacial score (nSPS) is 16.3. The van der Waals surface area contributed by atoms with Gasteiger partial charge in [-0.25, -0.2) is 0 Å². The van der Waals surface area contributed by atoms with Gasteiger partial charge in [-0.1, -0.05) is 6.07 Å². The van der Waals surface area contributed by atoms with Crippen LogP contribution >= 0.6 is 0 Å². The van der Waals surface area contributed by atoms with Crippen molar-refractivity contribution in [3.8, 4) is 11.5 Å². The number of hydrogen-bond acceptors (Lipinski definition) is 5. The summed E-state index contributed by atoms with van der Waals surface area (Å²) in [5.74, 6) is 2.41. The van der Waals surface area contributed by atoms with Crippen molar-refractivity contribution >= 4 is 5.96 Å². The highest BCUT2D eigenvalue weighted by Gasteiger charge is 2.13. The number of morpholine rings is 1. The van der Waals surface area contributed by atoms with Gasteiger partial charge in [0, 0.05) is 32.7 Å². The Morgan fingerprint density at radius 2 is 1.86 bits per heavy atom. The molecule has 0 radical (unpaired) electrons. The van der Waals surface area contributed by atoms with Crippen molar-refractivity contribution in [3.05, 3.63) is 23.8 Å². The Labute approximate surface area is 175 Å². The number of nitrogens with one attached hydrogen (secondary N) is 2. The zero-order valence-electron chi connectivity index (χ0n) is 18.5. The standard InChI is InChI=1S/C22H38N4O3/c1-5-23-22(24-11-8-12-26-13-15-27-16-14-26)25-18(4)19-9-10-20(28-6-2)21(17-19)29-7-3/h9-10,17-18H,5-8,11-16H2,1-4H3,(H2,23,24,25). The Bertz CT molecular complexity index is 618. The van der Waals surface area contributed by atoms with Crippen molar-refractivity contribution < 1.29 is 14.2 Å². The van der Waals surface area contributed by atoms with Crippen LogP contribution in [0.3, 0.4) is 0 Å². The van der Waals surface area contributed by atoms with Crippen LogP contribution in [0.15, 0.2) is 23.2 Å². The summed E-state index contributed by atoms with van der Waals surface area (Å²) >= 11 is 0. The van der Waals surface area contributed by atoms with Gasteiger partial charge in [-0.15, -0.1) is 0 Å². The van der Waals surface area contributed by atoms with Crippen molar-refractivity contribution in [2.24, 2.45) is 4.99 Å². The minimum absolute atomic E-state index is 0.0990. The summed E-state index contributed by atoms with van der Waals surface area (Å²) < 4.78 is 16.8. The first-order valence-corrected chi connectivity index (χ1v) is 10.9. The van der Waals surface area contributed by atoms with E-state index in [1.807, 2.05) is 26.0 Å². The van der Waals surface area contributed by atoms with E-state index < -0.39 is 0 Å². The predicted molar refractivity (Wildman–Crippen MR) is 118 cm³/mol. The van der Waals surface area contributed by atoms with Crippen LogP contribution in [0.25, 0.3) is 0 Å². The molecule has 2 rings (SSSR count). The van der Waals surface area contributed by atoms with Crippen molar-refractivity contribution in [2.75, 3.05) is 59.2 Å². The Kier molecular flexibility index (Phi) is 10.7. The van der Waals surface area contributed by atoms with E-state index in [0.717, 1.165) is 75.4 Å². The van der Waals surface area contributed by atoms with E-state index >= 15 is 0 Å². The molecule has 0 amide bonds. The first-order chi connectivity index (χ1) is 14.2. The molecular formula is C22H38N4O3. The molecule has 1 saturated heterocycles. The van der Waals surface area contributed by atoms with Crippen molar-refractivity contribution in [2.45, 2.75) is 40.2 Å². The molecule has 0 saturated carbocycles. The highest BCUT2D eigenvalue weighted by molar-refractivity contribution is 5.80. The third-order valence-corrected chi connectivity index (χ3v) is 4.77. The van der Waals surface area contributed by atoms with Gasteiger partial charge in [0.2, 0.25) is 0 Å². The molecule has 1 aromatic rings. The fourth-order valence-corrected chi connectivity index (χ4v) is 3.26. The van der Waals surface area contributed by atoms with E-state index in [1.54, 1.807) is 0 Å². The maximum absolute atomic E-state index is 5.76. The molecule has 1 fully saturated rings. The average molecular weight is 407 g/mol. The number of nitrogens with zero attached hydrogens (tertiary/aromatic N) is 2. The molecule has 1 unspecified atom stereocenters. The van der Waals surface area contributed by atoms with Crippen LogP contribution in [0, 0.1) is 0 Å². The van der Waals surface area contributed by atoms with Gasteiger partial charge in [-0.2, -0.15) is 0 Å². The summed E-state index contributed by atoms with van der Waals surface area (Å²) in [5.41, 5.74) is 1.14. The monoisotopic (exact) mass is 406 g/mol. The molecule has 1 aromatic carbocycles. The topological polar surface area (TPSA) is 67.4 Å². The molecule has 164 valence electrons. The van der Waals surface area contributed by atoms with E-state index in [-0.39, 0.29) is 6.04 Å². The van der Waals surface area contributed by atoms with Crippen molar-refractivity contribution in [1.82, 2.24) is 15.5 Å². The lowest BCUT2D eigenvalue weighted by Crippen LogP contribution is -2.39. The van der Waals surface area contributed by atoms with Gasteiger partial charge < -0.3 is 24.8 Å². The van der Waals surface area contributed by atoms with Crippen molar-refractivity contribution in [3.63, 3.8) is 0 Å². The van der Waals surface area contributed by atoms with Crippen LogP contribution in [0.5, 0.6) is 11.5 Å². The molecule has 0 bridgehead atoms. The van der Waals surface area contributed by atoms with Gasteiger partial charge in [0.15, 0.2) is 17.5 Å². The van der Waals surface area contributed by atoms with E-state index in [4.69, 9.17) is 19.2 Å². The minimum atomic E-state index is 0.0990. The minimum Gasteiger partial charge on any atom is -0.490 e. The molecular weight excluding hydrogens is 368 g/mol. The number of guanidine groups is 1. The van der Waals surface area contributed by atoms with E-state index in [2.05, 4.69) is 35.4 Å². The second-order valence-electron chi connectivity index (χ2n) is 7.01. The molecule has 7 heteroatoms. The zero-order chi connectivity index (χ0) is 20.9. The number of ether oxygens (including phenoxy) is 3. The van der Waals surface area contributed by atoms with Gasteiger partial charge in [0.05, 0.1) is 32.5 Å².